The van der Waals surface area contributed by atoms with Gasteiger partial charge in [0.05, 0.1) is 27.5 Å². The van der Waals surface area contributed by atoms with Crippen LogP contribution in [0, 0.1) is 5.92 Å². The average molecular weight is 495 g/mol. The average Bonchev–Trinajstić information content (AvgIpc) is 3.32. The normalized spacial score (nSPS) is 17.8. The minimum absolute atomic E-state index is 0.0461. The van der Waals surface area contributed by atoms with Gasteiger partial charge in [-0.1, -0.05) is 19.9 Å². The van der Waals surface area contributed by atoms with E-state index in [0.717, 1.165) is 48.3 Å². The largest absolute Gasteiger partial charge is 0.494 e. The van der Waals surface area contributed by atoms with Crippen LogP contribution in [0.4, 0.5) is 5.69 Å². The summed E-state index contributed by atoms with van der Waals surface area (Å²) in [6.45, 7) is 4.86. The molecule has 2 heterocycles. The Balaban J connectivity index is 1.58. The minimum atomic E-state index is -0.0461. The molecule has 8 nitrogen and oxygen atoms in total. The van der Waals surface area contributed by atoms with Crippen LogP contribution in [-0.4, -0.2) is 41.7 Å². The van der Waals surface area contributed by atoms with E-state index in [1.165, 1.54) is 5.56 Å². The molecule has 0 amide bonds. The third-order valence-corrected chi connectivity index (χ3v) is 6.97. The SMILES string of the molecule is COc1ccc(C2CCC(Nc3c(OC)c(-c4cnn(C)c4)cn(CC(C)C)c3=O)CC2)cc1OC. The second-order valence-corrected chi connectivity index (χ2v) is 10.0. The predicted octanol–water partition coefficient (Wildman–Crippen LogP) is 5.07. The molecule has 0 spiro atoms. The Morgan fingerprint density at radius 2 is 1.75 bits per heavy atom. The fourth-order valence-corrected chi connectivity index (χ4v) is 5.16. The highest BCUT2D eigenvalue weighted by Crippen LogP contribution is 2.39. The minimum Gasteiger partial charge on any atom is -0.494 e. The van der Waals surface area contributed by atoms with Crippen molar-refractivity contribution in [3.05, 3.63) is 52.7 Å². The smallest absolute Gasteiger partial charge is 0.277 e. The van der Waals surface area contributed by atoms with Gasteiger partial charge in [0.1, 0.15) is 5.69 Å². The maximum absolute atomic E-state index is 13.5. The van der Waals surface area contributed by atoms with Crippen LogP contribution in [-0.2, 0) is 13.6 Å². The summed E-state index contributed by atoms with van der Waals surface area (Å²) < 4.78 is 20.3. The molecule has 0 radical (unpaired) electrons. The van der Waals surface area contributed by atoms with Crippen LogP contribution in [0.15, 0.2) is 41.6 Å². The number of hydrogen-bond acceptors (Lipinski definition) is 6. The molecule has 0 atom stereocenters. The summed E-state index contributed by atoms with van der Waals surface area (Å²) in [5, 5.41) is 7.91. The van der Waals surface area contributed by atoms with Crippen LogP contribution in [0.5, 0.6) is 17.2 Å². The summed E-state index contributed by atoms with van der Waals surface area (Å²) >= 11 is 0. The Morgan fingerprint density at radius 1 is 1.03 bits per heavy atom. The monoisotopic (exact) mass is 494 g/mol. The first-order chi connectivity index (χ1) is 17.3. The van der Waals surface area contributed by atoms with Crippen molar-refractivity contribution < 1.29 is 14.2 Å². The van der Waals surface area contributed by atoms with Crippen molar-refractivity contribution in [2.24, 2.45) is 13.0 Å². The molecule has 0 aliphatic heterocycles. The van der Waals surface area contributed by atoms with Crippen molar-refractivity contribution in [1.82, 2.24) is 14.3 Å². The number of rotatable bonds is 9. The fraction of sp³-hybridized carbons (Fsp3) is 0.500. The molecule has 0 unspecified atom stereocenters. The second-order valence-electron chi connectivity index (χ2n) is 10.0. The first-order valence-corrected chi connectivity index (χ1v) is 12.6. The highest BCUT2D eigenvalue weighted by Gasteiger charge is 2.26. The maximum atomic E-state index is 13.5. The Labute approximate surface area is 213 Å². The summed E-state index contributed by atoms with van der Waals surface area (Å²) in [7, 11) is 6.83. The Kier molecular flexibility index (Phi) is 7.91. The molecule has 1 aliphatic rings. The number of aryl methyl sites for hydroxylation is 1. The molecule has 0 saturated heterocycles. The third kappa shape index (κ3) is 5.37. The van der Waals surface area contributed by atoms with E-state index in [4.69, 9.17) is 14.2 Å². The zero-order valence-electron chi connectivity index (χ0n) is 22.2. The molecule has 36 heavy (non-hydrogen) atoms. The van der Waals surface area contributed by atoms with Crippen LogP contribution >= 0.6 is 0 Å². The molecule has 194 valence electrons. The molecular weight excluding hydrogens is 456 g/mol. The number of ether oxygens (including phenoxy) is 3. The topological polar surface area (TPSA) is 79.5 Å². The Hall–Kier alpha value is -3.42. The van der Waals surface area contributed by atoms with Gasteiger partial charge in [0, 0.05) is 43.2 Å². The molecule has 1 N–H and O–H groups in total. The molecule has 1 fully saturated rings. The van der Waals surface area contributed by atoms with Gasteiger partial charge in [0.25, 0.3) is 5.56 Å². The summed E-state index contributed by atoms with van der Waals surface area (Å²) in [5.74, 6) is 2.87. The second kappa shape index (κ2) is 11.1. The van der Waals surface area contributed by atoms with E-state index in [9.17, 15) is 4.79 Å². The number of pyridine rings is 1. The zero-order valence-corrected chi connectivity index (χ0v) is 22.2. The van der Waals surface area contributed by atoms with Crippen molar-refractivity contribution in [3.63, 3.8) is 0 Å². The lowest BCUT2D eigenvalue weighted by Gasteiger charge is -2.31. The number of benzene rings is 1. The summed E-state index contributed by atoms with van der Waals surface area (Å²) in [6, 6.07) is 6.39. The first-order valence-electron chi connectivity index (χ1n) is 12.6. The van der Waals surface area contributed by atoms with E-state index in [-0.39, 0.29) is 11.6 Å². The number of methoxy groups -OCH3 is 3. The zero-order chi connectivity index (χ0) is 25.8. The standard InChI is InChI=1S/C28H38N4O4/c1-18(2)15-32-17-23(21-14-29-31(3)16-21)27(36-6)26(28(32)33)30-22-10-7-19(8-11-22)20-9-12-24(34-4)25(13-20)35-5/h9,12-14,16-19,22,30H,7-8,10-11,15H2,1-6H3. The van der Waals surface area contributed by atoms with Crippen molar-refractivity contribution in [3.8, 4) is 28.4 Å². The number of nitrogens with one attached hydrogen (secondary N) is 1. The number of aromatic nitrogens is 3. The molecule has 0 bridgehead atoms. The first kappa shape index (κ1) is 25.7. The van der Waals surface area contributed by atoms with Crippen LogP contribution in [0.2, 0.25) is 0 Å². The molecular formula is C28H38N4O4. The third-order valence-electron chi connectivity index (χ3n) is 6.97. The van der Waals surface area contributed by atoms with Crippen molar-refractivity contribution in [1.29, 1.82) is 0 Å². The Bertz CT molecular complexity index is 1240. The van der Waals surface area contributed by atoms with Gasteiger partial charge < -0.3 is 24.1 Å². The van der Waals surface area contributed by atoms with Crippen LogP contribution < -0.4 is 25.1 Å². The van der Waals surface area contributed by atoms with Gasteiger partial charge in [0.15, 0.2) is 17.2 Å². The molecule has 1 saturated carbocycles. The van der Waals surface area contributed by atoms with Crippen molar-refractivity contribution >= 4 is 5.69 Å². The van der Waals surface area contributed by atoms with Gasteiger partial charge in [-0.15, -0.1) is 0 Å². The van der Waals surface area contributed by atoms with Gasteiger partial charge in [-0.25, -0.2) is 0 Å². The van der Waals surface area contributed by atoms with Gasteiger partial charge in [-0.3, -0.25) is 9.48 Å². The number of nitrogens with zero attached hydrogens (tertiary/aromatic N) is 3. The van der Waals surface area contributed by atoms with Crippen LogP contribution in [0.25, 0.3) is 11.1 Å². The van der Waals surface area contributed by atoms with Gasteiger partial charge in [0.2, 0.25) is 0 Å². The quantitative estimate of drug-likeness (QED) is 0.448. The van der Waals surface area contributed by atoms with E-state index >= 15 is 0 Å². The van der Waals surface area contributed by atoms with Crippen molar-refractivity contribution in [2.45, 2.75) is 58.0 Å². The maximum Gasteiger partial charge on any atom is 0.277 e. The molecule has 4 rings (SSSR count). The van der Waals surface area contributed by atoms with Gasteiger partial charge >= 0.3 is 0 Å². The van der Waals surface area contributed by atoms with E-state index in [1.807, 2.05) is 25.5 Å². The molecule has 3 aromatic rings. The van der Waals surface area contributed by atoms with Crippen LogP contribution in [0.3, 0.4) is 0 Å². The van der Waals surface area contributed by atoms with Crippen LogP contribution in [0.1, 0.15) is 51.0 Å². The lowest BCUT2D eigenvalue weighted by atomic mass is 9.81. The lowest BCUT2D eigenvalue weighted by Crippen LogP contribution is -2.32. The summed E-state index contributed by atoms with van der Waals surface area (Å²) in [6.07, 6.45) is 9.62. The van der Waals surface area contributed by atoms with Crippen molar-refractivity contribution in [2.75, 3.05) is 26.6 Å². The van der Waals surface area contributed by atoms with E-state index < -0.39 is 0 Å². The van der Waals surface area contributed by atoms with E-state index in [2.05, 4.69) is 36.4 Å². The number of hydrogen-bond donors (Lipinski definition) is 1. The fourth-order valence-electron chi connectivity index (χ4n) is 5.16. The Morgan fingerprint density at radius 3 is 2.33 bits per heavy atom. The highest BCUT2D eigenvalue weighted by molar-refractivity contribution is 5.76. The molecule has 1 aliphatic carbocycles. The molecule has 8 heteroatoms. The van der Waals surface area contributed by atoms with Gasteiger partial charge in [-0.05, 0) is 55.2 Å². The highest BCUT2D eigenvalue weighted by atomic mass is 16.5. The lowest BCUT2D eigenvalue weighted by molar-refractivity contribution is 0.352. The number of anilines is 1. The summed E-state index contributed by atoms with van der Waals surface area (Å²) in [4.78, 5) is 13.5. The van der Waals surface area contributed by atoms with Gasteiger partial charge in [-0.2, -0.15) is 5.10 Å². The van der Waals surface area contributed by atoms with E-state index in [0.29, 0.717) is 29.8 Å². The summed E-state index contributed by atoms with van der Waals surface area (Å²) in [5.41, 5.74) is 3.55. The predicted molar refractivity (Wildman–Crippen MR) is 142 cm³/mol. The molecule has 2 aromatic heterocycles. The molecule has 1 aromatic carbocycles. The van der Waals surface area contributed by atoms with E-state index in [1.54, 1.807) is 36.8 Å².